The molecule has 1 aromatic rings. The molecule has 5 nitrogen and oxygen atoms in total. The Hall–Kier alpha value is -0.910. The third-order valence-electron chi connectivity index (χ3n) is 3.50. The van der Waals surface area contributed by atoms with Crippen LogP contribution in [0.1, 0.15) is 19.7 Å². The largest absolute Gasteiger partial charge is 0.377 e. The van der Waals surface area contributed by atoms with Crippen molar-refractivity contribution in [3.05, 3.63) is 17.0 Å². The van der Waals surface area contributed by atoms with Crippen LogP contribution in [0.2, 0.25) is 5.15 Å². The second-order valence-corrected chi connectivity index (χ2v) is 5.21. The lowest BCUT2D eigenvalue weighted by Crippen LogP contribution is -2.52. The molecule has 0 N–H and O–H groups in total. The lowest BCUT2D eigenvalue weighted by atomic mass is 10.2. The van der Waals surface area contributed by atoms with E-state index in [2.05, 4.69) is 33.6 Å². The Morgan fingerprint density at radius 2 is 2.21 bits per heavy atom. The fourth-order valence-corrected chi connectivity index (χ4v) is 2.68. The van der Waals surface area contributed by atoms with E-state index in [1.807, 2.05) is 6.07 Å². The highest BCUT2D eigenvalue weighted by Gasteiger charge is 2.23. The molecular formula is C13H21ClN4O. The number of halogens is 1. The molecule has 2 heterocycles. The van der Waals surface area contributed by atoms with Crippen molar-refractivity contribution in [3.8, 4) is 0 Å². The molecule has 1 aliphatic rings. The summed E-state index contributed by atoms with van der Waals surface area (Å²) in [4.78, 5) is 13.4. The van der Waals surface area contributed by atoms with E-state index in [1.54, 1.807) is 7.11 Å². The molecule has 0 aliphatic carbocycles. The second kappa shape index (κ2) is 6.50. The van der Waals surface area contributed by atoms with Crippen LogP contribution >= 0.6 is 11.6 Å². The summed E-state index contributed by atoms with van der Waals surface area (Å²) in [6, 6.07) is 2.35. The molecule has 0 spiro atoms. The Kier molecular flexibility index (Phi) is 4.96. The summed E-state index contributed by atoms with van der Waals surface area (Å²) in [5.74, 6) is 1.53. The van der Waals surface area contributed by atoms with E-state index in [0.717, 1.165) is 32.0 Å². The highest BCUT2D eigenvalue weighted by molar-refractivity contribution is 6.29. The van der Waals surface area contributed by atoms with E-state index in [-0.39, 0.29) is 0 Å². The number of rotatable bonds is 4. The number of hydrogen-bond donors (Lipinski definition) is 0. The molecule has 1 aliphatic heterocycles. The Balaban J connectivity index is 2.13. The van der Waals surface area contributed by atoms with Gasteiger partial charge in [-0.25, -0.2) is 9.97 Å². The zero-order valence-electron chi connectivity index (χ0n) is 11.8. The molecule has 19 heavy (non-hydrogen) atoms. The molecule has 1 atom stereocenters. The molecule has 0 bridgehead atoms. The van der Waals surface area contributed by atoms with Crippen molar-refractivity contribution in [1.82, 2.24) is 14.9 Å². The molecule has 106 valence electrons. The van der Waals surface area contributed by atoms with Crippen LogP contribution in [0, 0.1) is 0 Å². The fraction of sp³-hybridized carbons (Fsp3) is 0.692. The molecule has 1 saturated heterocycles. The summed E-state index contributed by atoms with van der Waals surface area (Å²) >= 11 is 6.05. The van der Waals surface area contributed by atoms with Crippen molar-refractivity contribution >= 4 is 17.4 Å². The van der Waals surface area contributed by atoms with Crippen LogP contribution in [0.15, 0.2) is 6.07 Å². The molecule has 1 fully saturated rings. The second-order valence-electron chi connectivity index (χ2n) is 4.82. The molecule has 2 rings (SSSR count). The highest BCUT2D eigenvalue weighted by atomic mass is 35.5. The first-order valence-electron chi connectivity index (χ1n) is 6.65. The summed E-state index contributed by atoms with van der Waals surface area (Å²) < 4.78 is 5.07. The number of aromatic nitrogens is 2. The van der Waals surface area contributed by atoms with Crippen LogP contribution in [0.3, 0.4) is 0 Å². The SMILES string of the molecule is CCN1CCN(c2cc(Cl)nc(COC)n2)CC1C. The van der Waals surface area contributed by atoms with Gasteiger partial charge >= 0.3 is 0 Å². The van der Waals surface area contributed by atoms with E-state index in [4.69, 9.17) is 16.3 Å². The van der Waals surface area contributed by atoms with Gasteiger partial charge < -0.3 is 9.64 Å². The third-order valence-corrected chi connectivity index (χ3v) is 3.69. The minimum absolute atomic E-state index is 0.387. The number of piperazine rings is 1. The van der Waals surface area contributed by atoms with Crippen molar-refractivity contribution in [1.29, 1.82) is 0 Å². The first-order chi connectivity index (χ1) is 9.13. The van der Waals surface area contributed by atoms with Gasteiger partial charge in [0, 0.05) is 38.9 Å². The summed E-state index contributed by atoms with van der Waals surface area (Å²) in [6.45, 7) is 8.91. The van der Waals surface area contributed by atoms with E-state index in [1.165, 1.54) is 0 Å². The average Bonchev–Trinajstić information content (AvgIpc) is 2.38. The third kappa shape index (κ3) is 3.55. The minimum atomic E-state index is 0.387. The monoisotopic (exact) mass is 284 g/mol. The number of likely N-dealkylation sites (N-methyl/N-ethyl adjacent to an activating group) is 1. The van der Waals surface area contributed by atoms with E-state index in [9.17, 15) is 0 Å². The van der Waals surface area contributed by atoms with Crippen molar-refractivity contribution in [2.45, 2.75) is 26.5 Å². The summed E-state index contributed by atoms with van der Waals surface area (Å²) in [5, 5.41) is 0.475. The predicted octanol–water partition coefficient (Wildman–Crippen LogP) is 1.81. The van der Waals surface area contributed by atoms with Crippen molar-refractivity contribution < 1.29 is 4.74 Å². The van der Waals surface area contributed by atoms with Gasteiger partial charge in [0.1, 0.15) is 17.6 Å². The van der Waals surface area contributed by atoms with Gasteiger partial charge in [-0.2, -0.15) is 0 Å². The lowest BCUT2D eigenvalue weighted by Gasteiger charge is -2.39. The number of ether oxygens (including phenoxy) is 1. The molecule has 0 saturated carbocycles. The lowest BCUT2D eigenvalue weighted by molar-refractivity contribution is 0.177. The molecule has 0 aromatic carbocycles. The minimum Gasteiger partial charge on any atom is -0.377 e. The first kappa shape index (κ1) is 14.5. The quantitative estimate of drug-likeness (QED) is 0.789. The van der Waals surface area contributed by atoms with Crippen LogP contribution in [-0.2, 0) is 11.3 Å². The van der Waals surface area contributed by atoms with Crippen LogP contribution < -0.4 is 4.90 Å². The van der Waals surface area contributed by atoms with Crippen molar-refractivity contribution in [3.63, 3.8) is 0 Å². The van der Waals surface area contributed by atoms with Gasteiger partial charge in [0.15, 0.2) is 5.82 Å². The normalized spacial score (nSPS) is 20.8. The van der Waals surface area contributed by atoms with E-state index in [0.29, 0.717) is 23.6 Å². The Morgan fingerprint density at radius 1 is 1.42 bits per heavy atom. The standard InChI is InChI=1S/C13H21ClN4O/c1-4-17-5-6-18(8-10(17)2)13-7-11(14)15-12(16-13)9-19-3/h7,10H,4-6,8-9H2,1-3H3. The van der Waals surface area contributed by atoms with Crippen LogP contribution in [-0.4, -0.2) is 54.2 Å². The van der Waals surface area contributed by atoms with Gasteiger partial charge in [0.25, 0.3) is 0 Å². The first-order valence-corrected chi connectivity index (χ1v) is 7.03. The maximum absolute atomic E-state index is 6.05. The van der Waals surface area contributed by atoms with Gasteiger partial charge in [0.05, 0.1) is 0 Å². The maximum Gasteiger partial charge on any atom is 0.158 e. The maximum atomic E-state index is 6.05. The van der Waals surface area contributed by atoms with Gasteiger partial charge in [-0.05, 0) is 13.5 Å². The van der Waals surface area contributed by atoms with Gasteiger partial charge in [-0.15, -0.1) is 0 Å². The van der Waals surface area contributed by atoms with E-state index < -0.39 is 0 Å². The molecule has 0 amide bonds. The summed E-state index contributed by atoms with van der Waals surface area (Å²) in [6.07, 6.45) is 0. The predicted molar refractivity (Wildman–Crippen MR) is 76.7 cm³/mol. The molecular weight excluding hydrogens is 264 g/mol. The molecule has 0 radical (unpaired) electrons. The molecule has 6 heteroatoms. The van der Waals surface area contributed by atoms with Crippen LogP contribution in [0.5, 0.6) is 0 Å². The fourth-order valence-electron chi connectivity index (χ4n) is 2.48. The average molecular weight is 285 g/mol. The van der Waals surface area contributed by atoms with E-state index >= 15 is 0 Å². The molecule has 1 aromatic heterocycles. The Labute approximate surface area is 119 Å². The summed E-state index contributed by atoms with van der Waals surface area (Å²) in [5.41, 5.74) is 0. The van der Waals surface area contributed by atoms with Crippen LogP contribution in [0.25, 0.3) is 0 Å². The van der Waals surface area contributed by atoms with Crippen molar-refractivity contribution in [2.24, 2.45) is 0 Å². The Bertz CT molecular complexity index is 429. The number of nitrogens with zero attached hydrogens (tertiary/aromatic N) is 4. The van der Waals surface area contributed by atoms with Gasteiger partial charge in [0.2, 0.25) is 0 Å². The summed E-state index contributed by atoms with van der Waals surface area (Å²) in [7, 11) is 1.63. The topological polar surface area (TPSA) is 41.5 Å². The Morgan fingerprint density at radius 3 is 2.84 bits per heavy atom. The zero-order chi connectivity index (χ0) is 13.8. The number of methoxy groups -OCH3 is 1. The van der Waals surface area contributed by atoms with Crippen LogP contribution in [0.4, 0.5) is 5.82 Å². The number of hydrogen-bond acceptors (Lipinski definition) is 5. The number of anilines is 1. The smallest absolute Gasteiger partial charge is 0.158 e. The zero-order valence-corrected chi connectivity index (χ0v) is 12.5. The van der Waals surface area contributed by atoms with Crippen molar-refractivity contribution in [2.75, 3.05) is 38.2 Å². The van der Waals surface area contributed by atoms with Gasteiger partial charge in [-0.1, -0.05) is 18.5 Å². The molecule has 1 unspecified atom stereocenters. The highest BCUT2D eigenvalue weighted by Crippen LogP contribution is 2.20. The van der Waals surface area contributed by atoms with Gasteiger partial charge in [-0.3, -0.25) is 4.90 Å².